The van der Waals surface area contributed by atoms with Crippen LogP contribution in [0.3, 0.4) is 0 Å². The lowest BCUT2D eigenvalue weighted by Gasteiger charge is -2.10. The quantitative estimate of drug-likeness (QED) is 0.829. The van der Waals surface area contributed by atoms with Crippen LogP contribution in [0.1, 0.15) is 28.8 Å². The van der Waals surface area contributed by atoms with Gasteiger partial charge in [0.25, 0.3) is 0 Å². The summed E-state index contributed by atoms with van der Waals surface area (Å²) in [7, 11) is 0. The van der Waals surface area contributed by atoms with Crippen LogP contribution >= 0.6 is 11.6 Å². The largest absolute Gasteiger partial charge is 0.383 e. The van der Waals surface area contributed by atoms with Crippen molar-refractivity contribution in [1.82, 2.24) is 4.98 Å². The second-order valence-electron chi connectivity index (χ2n) is 5.64. The van der Waals surface area contributed by atoms with Crippen molar-refractivity contribution in [3.63, 3.8) is 0 Å². The minimum absolute atomic E-state index is 0.0912. The van der Waals surface area contributed by atoms with Crippen LogP contribution in [0, 0.1) is 6.92 Å². The molecule has 3 rings (SSSR count). The van der Waals surface area contributed by atoms with E-state index >= 15 is 0 Å². The van der Waals surface area contributed by atoms with E-state index in [9.17, 15) is 4.79 Å². The van der Waals surface area contributed by atoms with Crippen LogP contribution in [0.5, 0.6) is 0 Å². The van der Waals surface area contributed by atoms with Gasteiger partial charge < -0.3 is 5.73 Å². The molecule has 0 spiro atoms. The molecule has 2 aromatic rings. The Bertz CT molecular complexity index is 817. The van der Waals surface area contributed by atoms with E-state index in [1.807, 2.05) is 43.4 Å². The average molecular weight is 325 g/mol. The fraction of sp³-hybridized carbons (Fsp3) is 0.158. The van der Waals surface area contributed by atoms with Crippen LogP contribution in [0.25, 0.3) is 11.1 Å². The minimum atomic E-state index is -0.0912. The van der Waals surface area contributed by atoms with E-state index in [2.05, 4.69) is 4.98 Å². The number of hydrogen-bond donors (Lipinski definition) is 1. The number of nitrogen functional groups attached to an aromatic ring is 1. The van der Waals surface area contributed by atoms with Gasteiger partial charge in [0, 0.05) is 22.4 Å². The smallest absolute Gasteiger partial charge is 0.196 e. The third-order valence-electron chi connectivity index (χ3n) is 3.80. The highest BCUT2D eigenvalue weighted by Crippen LogP contribution is 2.28. The van der Waals surface area contributed by atoms with E-state index in [1.54, 1.807) is 12.3 Å². The maximum absolute atomic E-state index is 12.7. The van der Waals surface area contributed by atoms with Gasteiger partial charge in [-0.15, -0.1) is 0 Å². The SMILES string of the molecule is Cc1cc(Cl)cc(-c2cnc(N)c(C(=O)C3=CCCC=C3)c2)c1. The number of carbonyl (C=O) groups excluding carboxylic acids is 1. The summed E-state index contributed by atoms with van der Waals surface area (Å²) < 4.78 is 0. The Labute approximate surface area is 140 Å². The average Bonchev–Trinajstić information content (AvgIpc) is 2.54. The number of benzene rings is 1. The van der Waals surface area contributed by atoms with Crippen molar-refractivity contribution >= 4 is 23.2 Å². The molecule has 1 aromatic heterocycles. The van der Waals surface area contributed by atoms with Gasteiger partial charge in [-0.05, 0) is 49.1 Å². The number of hydrogen-bond acceptors (Lipinski definition) is 3. The van der Waals surface area contributed by atoms with Crippen molar-refractivity contribution < 1.29 is 4.79 Å². The second kappa shape index (κ2) is 6.39. The van der Waals surface area contributed by atoms with Crippen molar-refractivity contribution in [2.45, 2.75) is 19.8 Å². The monoisotopic (exact) mass is 324 g/mol. The molecule has 0 fully saturated rings. The number of pyridine rings is 1. The van der Waals surface area contributed by atoms with Gasteiger partial charge in [0.1, 0.15) is 5.82 Å². The maximum Gasteiger partial charge on any atom is 0.196 e. The number of ketones is 1. The highest BCUT2D eigenvalue weighted by Gasteiger charge is 2.16. The van der Waals surface area contributed by atoms with E-state index in [0.717, 1.165) is 29.5 Å². The number of carbonyl (C=O) groups is 1. The molecule has 0 saturated heterocycles. The molecular weight excluding hydrogens is 308 g/mol. The summed E-state index contributed by atoms with van der Waals surface area (Å²) in [6.07, 6.45) is 9.30. The number of nitrogens with zero attached hydrogens (tertiary/aromatic N) is 1. The Kier molecular flexibility index (Phi) is 4.30. The molecule has 0 unspecified atom stereocenters. The molecule has 23 heavy (non-hydrogen) atoms. The summed E-state index contributed by atoms with van der Waals surface area (Å²) in [6, 6.07) is 7.54. The number of halogens is 1. The molecule has 0 atom stereocenters. The zero-order chi connectivity index (χ0) is 16.4. The number of anilines is 1. The summed E-state index contributed by atoms with van der Waals surface area (Å²) in [4.78, 5) is 16.9. The molecule has 1 aliphatic rings. The van der Waals surface area contributed by atoms with Crippen LogP contribution in [-0.4, -0.2) is 10.8 Å². The lowest BCUT2D eigenvalue weighted by molar-refractivity contribution is 0.103. The van der Waals surface area contributed by atoms with Gasteiger partial charge in [-0.3, -0.25) is 4.79 Å². The van der Waals surface area contributed by atoms with Gasteiger partial charge in [0.15, 0.2) is 5.78 Å². The van der Waals surface area contributed by atoms with Crippen LogP contribution in [0.4, 0.5) is 5.82 Å². The summed E-state index contributed by atoms with van der Waals surface area (Å²) in [6.45, 7) is 1.98. The molecule has 4 heteroatoms. The first kappa shape index (κ1) is 15.5. The zero-order valence-electron chi connectivity index (χ0n) is 12.8. The molecule has 0 bridgehead atoms. The Morgan fingerprint density at radius 3 is 2.70 bits per heavy atom. The van der Waals surface area contributed by atoms with Gasteiger partial charge >= 0.3 is 0 Å². The van der Waals surface area contributed by atoms with Crippen molar-refractivity contribution in [1.29, 1.82) is 0 Å². The normalized spacial score (nSPS) is 13.7. The first-order valence-electron chi connectivity index (χ1n) is 7.49. The highest BCUT2D eigenvalue weighted by atomic mass is 35.5. The van der Waals surface area contributed by atoms with E-state index in [0.29, 0.717) is 16.2 Å². The highest BCUT2D eigenvalue weighted by molar-refractivity contribution is 6.31. The molecule has 3 nitrogen and oxygen atoms in total. The van der Waals surface area contributed by atoms with Crippen molar-refractivity contribution in [2.24, 2.45) is 0 Å². The fourth-order valence-corrected chi connectivity index (χ4v) is 2.95. The number of rotatable bonds is 3. The first-order valence-corrected chi connectivity index (χ1v) is 7.87. The number of aromatic nitrogens is 1. The predicted molar refractivity (Wildman–Crippen MR) is 94.6 cm³/mol. The third-order valence-corrected chi connectivity index (χ3v) is 4.01. The van der Waals surface area contributed by atoms with E-state index in [1.165, 1.54) is 0 Å². The molecule has 116 valence electrons. The second-order valence-corrected chi connectivity index (χ2v) is 6.08. The van der Waals surface area contributed by atoms with Gasteiger partial charge in [-0.2, -0.15) is 0 Å². The van der Waals surface area contributed by atoms with Crippen molar-refractivity contribution in [2.75, 3.05) is 5.73 Å². The van der Waals surface area contributed by atoms with E-state index < -0.39 is 0 Å². The summed E-state index contributed by atoms with van der Waals surface area (Å²) in [5.74, 6) is 0.156. The summed E-state index contributed by atoms with van der Waals surface area (Å²) in [5.41, 5.74) is 9.82. The standard InChI is InChI=1S/C19H17ClN2O/c1-12-7-14(9-16(20)8-12)15-10-17(19(21)22-11-15)18(23)13-5-3-2-4-6-13/h3,5-11H,2,4H2,1H3,(H2,21,22). The third kappa shape index (κ3) is 3.35. The van der Waals surface area contributed by atoms with Crippen molar-refractivity contribution in [3.8, 4) is 11.1 Å². The van der Waals surface area contributed by atoms with Crippen molar-refractivity contribution in [3.05, 3.63) is 70.4 Å². The zero-order valence-corrected chi connectivity index (χ0v) is 13.6. The van der Waals surface area contributed by atoms with Crippen LogP contribution < -0.4 is 5.73 Å². The number of nitrogens with two attached hydrogens (primary N) is 1. The molecule has 1 heterocycles. The molecule has 1 aromatic carbocycles. The predicted octanol–water partition coefficient (Wildman–Crippen LogP) is 4.75. The van der Waals surface area contributed by atoms with Crippen LogP contribution in [-0.2, 0) is 0 Å². The number of Topliss-reactive ketones (excluding diaryl/α,β-unsaturated/α-hetero) is 1. The summed E-state index contributed by atoms with van der Waals surface area (Å²) >= 11 is 6.13. The maximum atomic E-state index is 12.7. The molecule has 0 amide bonds. The Morgan fingerprint density at radius 1 is 1.17 bits per heavy atom. The van der Waals surface area contributed by atoms with Crippen LogP contribution in [0.2, 0.25) is 5.02 Å². The molecule has 0 aliphatic heterocycles. The van der Waals surface area contributed by atoms with E-state index in [-0.39, 0.29) is 11.6 Å². The Hall–Kier alpha value is -2.39. The molecule has 2 N–H and O–H groups in total. The van der Waals surface area contributed by atoms with Gasteiger partial charge in [-0.25, -0.2) is 4.98 Å². The lowest BCUT2D eigenvalue weighted by Crippen LogP contribution is -2.08. The molecule has 0 radical (unpaired) electrons. The van der Waals surface area contributed by atoms with Gasteiger partial charge in [0.05, 0.1) is 5.56 Å². The number of allylic oxidation sites excluding steroid dienone is 4. The molecule has 0 saturated carbocycles. The fourth-order valence-electron chi connectivity index (χ4n) is 2.66. The van der Waals surface area contributed by atoms with E-state index in [4.69, 9.17) is 17.3 Å². The first-order chi connectivity index (χ1) is 11.0. The van der Waals surface area contributed by atoms with Gasteiger partial charge in [-0.1, -0.05) is 35.9 Å². The topological polar surface area (TPSA) is 56.0 Å². The lowest BCUT2D eigenvalue weighted by atomic mass is 9.96. The summed E-state index contributed by atoms with van der Waals surface area (Å²) in [5, 5.41) is 0.655. The molecule has 1 aliphatic carbocycles. The Morgan fingerprint density at radius 2 is 2.00 bits per heavy atom. The minimum Gasteiger partial charge on any atom is -0.383 e. The van der Waals surface area contributed by atoms with Gasteiger partial charge in [0.2, 0.25) is 0 Å². The Balaban J connectivity index is 2.04. The number of aryl methyl sites for hydroxylation is 1. The van der Waals surface area contributed by atoms with Crippen LogP contribution in [0.15, 0.2) is 54.3 Å². The molecular formula is C19H17ClN2O.